The molecule has 5 nitrogen and oxygen atoms in total. The van der Waals surface area contributed by atoms with Crippen molar-refractivity contribution in [3.05, 3.63) is 54.1 Å². The Morgan fingerprint density at radius 3 is 2.43 bits per heavy atom. The lowest BCUT2D eigenvalue weighted by atomic mass is 9.86. The van der Waals surface area contributed by atoms with E-state index in [0.717, 1.165) is 44.1 Å². The van der Waals surface area contributed by atoms with Gasteiger partial charge in [0.2, 0.25) is 5.91 Å². The van der Waals surface area contributed by atoms with E-state index >= 15 is 0 Å². The minimum absolute atomic E-state index is 0. The first-order valence-corrected chi connectivity index (χ1v) is 9.62. The van der Waals surface area contributed by atoms with Crippen molar-refractivity contribution in [2.24, 2.45) is 17.6 Å². The van der Waals surface area contributed by atoms with Crippen LogP contribution in [0.1, 0.15) is 37.9 Å². The first-order valence-electron chi connectivity index (χ1n) is 9.62. The molecular formula is C21H32Cl2N4O. The van der Waals surface area contributed by atoms with Crippen LogP contribution >= 0.6 is 24.8 Å². The van der Waals surface area contributed by atoms with E-state index in [1.165, 1.54) is 5.56 Å². The molecule has 0 radical (unpaired) electrons. The number of carbonyl (C=O) groups is 1. The SMILES string of the molecule is CC(C)C1CCN(C(=O)[C@@H](N)Cc2cn(Cc3ccccc3)cn2)CC1.Cl.Cl. The Bertz CT molecular complexity index is 712. The summed E-state index contributed by atoms with van der Waals surface area (Å²) >= 11 is 0. The number of aromatic nitrogens is 2. The molecule has 2 N–H and O–H groups in total. The van der Waals surface area contributed by atoms with Gasteiger partial charge in [0.15, 0.2) is 0 Å². The number of amides is 1. The maximum absolute atomic E-state index is 12.6. The Labute approximate surface area is 180 Å². The van der Waals surface area contributed by atoms with Crippen LogP contribution in [-0.2, 0) is 17.8 Å². The van der Waals surface area contributed by atoms with E-state index in [9.17, 15) is 4.79 Å². The van der Waals surface area contributed by atoms with Crippen molar-refractivity contribution in [1.82, 2.24) is 14.5 Å². The first kappa shape index (κ1) is 24.5. The molecule has 2 heterocycles. The van der Waals surface area contributed by atoms with Gasteiger partial charge >= 0.3 is 0 Å². The maximum Gasteiger partial charge on any atom is 0.239 e. The quantitative estimate of drug-likeness (QED) is 0.767. The molecule has 1 atom stereocenters. The van der Waals surface area contributed by atoms with Crippen molar-refractivity contribution in [3.8, 4) is 0 Å². The number of likely N-dealkylation sites (tertiary alicyclic amines) is 1. The van der Waals surface area contributed by atoms with Gasteiger partial charge in [-0.05, 0) is 30.2 Å². The average Bonchev–Trinajstić information content (AvgIpc) is 3.08. The molecule has 0 bridgehead atoms. The largest absolute Gasteiger partial charge is 0.341 e. The minimum Gasteiger partial charge on any atom is -0.341 e. The lowest BCUT2D eigenvalue weighted by Crippen LogP contribution is -2.48. The second-order valence-corrected chi connectivity index (χ2v) is 7.74. The fraction of sp³-hybridized carbons (Fsp3) is 0.524. The number of carbonyl (C=O) groups excluding carboxylic acids is 1. The van der Waals surface area contributed by atoms with Crippen LogP contribution in [0.5, 0.6) is 0 Å². The Hall–Kier alpha value is -1.56. The highest BCUT2D eigenvalue weighted by atomic mass is 35.5. The summed E-state index contributed by atoms with van der Waals surface area (Å²) < 4.78 is 2.04. The molecular weight excluding hydrogens is 395 g/mol. The monoisotopic (exact) mass is 426 g/mol. The first-order chi connectivity index (χ1) is 12.5. The second kappa shape index (κ2) is 11.4. The van der Waals surface area contributed by atoms with E-state index in [1.54, 1.807) is 0 Å². The summed E-state index contributed by atoms with van der Waals surface area (Å²) in [6, 6.07) is 9.75. The number of halogens is 2. The molecule has 0 unspecified atom stereocenters. The average molecular weight is 427 g/mol. The molecule has 7 heteroatoms. The summed E-state index contributed by atoms with van der Waals surface area (Å²) in [5.41, 5.74) is 8.30. The Balaban J connectivity index is 0.00000196. The van der Waals surface area contributed by atoms with Crippen molar-refractivity contribution >= 4 is 30.7 Å². The van der Waals surface area contributed by atoms with Gasteiger partial charge in [0.05, 0.1) is 18.1 Å². The zero-order valence-corrected chi connectivity index (χ0v) is 18.3. The van der Waals surface area contributed by atoms with Gasteiger partial charge < -0.3 is 15.2 Å². The van der Waals surface area contributed by atoms with E-state index in [1.807, 2.05) is 40.2 Å². The number of hydrogen-bond acceptors (Lipinski definition) is 3. The van der Waals surface area contributed by atoms with Crippen LogP contribution in [0, 0.1) is 11.8 Å². The second-order valence-electron chi connectivity index (χ2n) is 7.74. The van der Waals surface area contributed by atoms with Crippen LogP contribution in [0.15, 0.2) is 42.9 Å². The van der Waals surface area contributed by atoms with Gasteiger partial charge in [0.1, 0.15) is 0 Å². The standard InChI is InChI=1S/C21H30N4O.2ClH/c1-16(2)18-8-10-25(11-9-18)21(26)20(22)12-19-14-24(15-23-19)13-17-6-4-3-5-7-17;;/h3-7,14-16,18,20H,8-13,22H2,1-2H3;2*1H/t20-;;/m0../s1. The summed E-state index contributed by atoms with van der Waals surface area (Å²) in [7, 11) is 0. The van der Waals surface area contributed by atoms with Crippen molar-refractivity contribution in [2.75, 3.05) is 13.1 Å². The highest BCUT2D eigenvalue weighted by Crippen LogP contribution is 2.24. The Morgan fingerprint density at radius 1 is 1.18 bits per heavy atom. The molecule has 0 spiro atoms. The van der Waals surface area contributed by atoms with Crippen molar-refractivity contribution in [3.63, 3.8) is 0 Å². The number of benzene rings is 1. The predicted molar refractivity (Wildman–Crippen MR) is 118 cm³/mol. The molecule has 0 saturated carbocycles. The highest BCUT2D eigenvalue weighted by Gasteiger charge is 2.27. The molecule has 1 saturated heterocycles. The summed E-state index contributed by atoms with van der Waals surface area (Å²) in [5, 5.41) is 0. The zero-order chi connectivity index (χ0) is 18.5. The van der Waals surface area contributed by atoms with Gasteiger partial charge in [-0.25, -0.2) is 4.98 Å². The molecule has 1 aromatic heterocycles. The highest BCUT2D eigenvalue weighted by molar-refractivity contribution is 5.85. The molecule has 0 aliphatic carbocycles. The van der Waals surface area contributed by atoms with Crippen LogP contribution in [0.2, 0.25) is 0 Å². The number of rotatable bonds is 6. The number of imidazole rings is 1. The smallest absolute Gasteiger partial charge is 0.239 e. The molecule has 28 heavy (non-hydrogen) atoms. The third-order valence-electron chi connectivity index (χ3n) is 5.44. The summed E-state index contributed by atoms with van der Waals surface area (Å²) in [6.45, 7) is 6.97. The van der Waals surface area contributed by atoms with E-state index in [-0.39, 0.29) is 30.7 Å². The molecule has 3 rings (SSSR count). The predicted octanol–water partition coefficient (Wildman–Crippen LogP) is 3.54. The third kappa shape index (κ3) is 6.50. The van der Waals surface area contributed by atoms with Crippen LogP contribution in [0.3, 0.4) is 0 Å². The van der Waals surface area contributed by atoms with Crippen molar-refractivity contribution in [1.29, 1.82) is 0 Å². The number of nitrogens with zero attached hydrogens (tertiary/aromatic N) is 3. The van der Waals surface area contributed by atoms with E-state index in [2.05, 4.69) is 31.0 Å². The van der Waals surface area contributed by atoms with E-state index < -0.39 is 6.04 Å². The maximum atomic E-state index is 12.6. The lowest BCUT2D eigenvalue weighted by Gasteiger charge is -2.35. The van der Waals surface area contributed by atoms with Crippen LogP contribution in [0.4, 0.5) is 0 Å². The zero-order valence-electron chi connectivity index (χ0n) is 16.7. The Morgan fingerprint density at radius 2 is 1.82 bits per heavy atom. The third-order valence-corrected chi connectivity index (χ3v) is 5.44. The molecule has 2 aromatic rings. The fourth-order valence-corrected chi connectivity index (χ4v) is 3.73. The van der Waals surface area contributed by atoms with Gasteiger partial charge in [-0.1, -0.05) is 44.2 Å². The number of nitrogens with two attached hydrogens (primary N) is 1. The fourth-order valence-electron chi connectivity index (χ4n) is 3.73. The lowest BCUT2D eigenvalue weighted by molar-refractivity contribution is -0.134. The topological polar surface area (TPSA) is 64.2 Å². The van der Waals surface area contributed by atoms with Crippen LogP contribution in [0.25, 0.3) is 0 Å². The molecule has 156 valence electrons. The van der Waals surface area contributed by atoms with Gasteiger partial charge in [-0.2, -0.15) is 0 Å². The number of piperidine rings is 1. The summed E-state index contributed by atoms with van der Waals surface area (Å²) in [4.78, 5) is 19.0. The Kier molecular flexibility index (Phi) is 10.0. The van der Waals surface area contributed by atoms with Crippen molar-refractivity contribution in [2.45, 2.75) is 45.7 Å². The van der Waals surface area contributed by atoms with Crippen LogP contribution in [-0.4, -0.2) is 39.5 Å². The van der Waals surface area contributed by atoms with E-state index in [0.29, 0.717) is 12.3 Å². The molecule has 1 aliphatic heterocycles. The van der Waals surface area contributed by atoms with Crippen molar-refractivity contribution < 1.29 is 4.79 Å². The molecule has 1 amide bonds. The minimum atomic E-state index is -0.509. The van der Waals surface area contributed by atoms with Gasteiger partial charge in [-0.3, -0.25) is 4.79 Å². The summed E-state index contributed by atoms with van der Waals surface area (Å²) in [6.07, 6.45) is 6.47. The van der Waals surface area contributed by atoms with Gasteiger partial charge in [0, 0.05) is 32.3 Å². The molecule has 1 aromatic carbocycles. The van der Waals surface area contributed by atoms with Gasteiger partial charge in [0.25, 0.3) is 0 Å². The molecule has 1 fully saturated rings. The number of hydrogen-bond donors (Lipinski definition) is 1. The summed E-state index contributed by atoms with van der Waals surface area (Å²) in [5.74, 6) is 1.48. The normalized spacial score (nSPS) is 15.6. The van der Waals surface area contributed by atoms with Gasteiger partial charge in [-0.15, -0.1) is 24.8 Å². The van der Waals surface area contributed by atoms with Crippen LogP contribution < -0.4 is 5.73 Å². The van der Waals surface area contributed by atoms with E-state index in [4.69, 9.17) is 5.73 Å². The molecule has 1 aliphatic rings.